The lowest BCUT2D eigenvalue weighted by molar-refractivity contribution is 0.151. The van der Waals surface area contributed by atoms with Gasteiger partial charge >= 0.3 is 0 Å². The summed E-state index contributed by atoms with van der Waals surface area (Å²) in [5.74, 6) is -0.318. The predicted octanol–water partition coefficient (Wildman–Crippen LogP) is 3.38. The zero-order valence-electron chi connectivity index (χ0n) is 18.5. The minimum atomic E-state index is -2.66. The molecular weight excluding hydrogens is 471 g/mol. The first-order valence-electron chi connectivity index (χ1n) is 10.3. The van der Waals surface area contributed by atoms with Crippen LogP contribution >= 0.6 is 11.6 Å². The molecule has 1 aromatic heterocycles. The number of hydrazone groups is 1. The number of rotatable bonds is 5. The fourth-order valence-corrected chi connectivity index (χ4v) is 3.78. The maximum absolute atomic E-state index is 14.1. The van der Waals surface area contributed by atoms with Gasteiger partial charge in [-0.25, -0.2) is 18.2 Å². The van der Waals surface area contributed by atoms with E-state index in [1.54, 1.807) is 14.0 Å². The molecule has 182 valence electrons. The summed E-state index contributed by atoms with van der Waals surface area (Å²) >= 11 is 6.28. The summed E-state index contributed by atoms with van der Waals surface area (Å²) in [4.78, 5) is 4.13. The van der Waals surface area contributed by atoms with E-state index < -0.39 is 30.4 Å². The second kappa shape index (κ2) is 10.7. The minimum absolute atomic E-state index is 0.0434. The van der Waals surface area contributed by atoms with Gasteiger partial charge in [-0.05, 0) is 36.8 Å². The summed E-state index contributed by atoms with van der Waals surface area (Å²) in [6, 6.07) is 5.46. The van der Waals surface area contributed by atoms with Crippen molar-refractivity contribution in [2.24, 2.45) is 10.8 Å². The molecule has 1 aliphatic heterocycles. The highest BCUT2D eigenvalue weighted by Gasteiger charge is 2.26. The molecule has 0 saturated heterocycles. The Bertz CT molecular complexity index is 1140. The third-order valence-electron chi connectivity index (χ3n) is 5.18. The Morgan fingerprint density at radius 3 is 2.74 bits per heavy atom. The van der Waals surface area contributed by atoms with Crippen LogP contribution in [0.2, 0.25) is 0 Å². The average Bonchev–Trinajstić information content (AvgIpc) is 2.78. The summed E-state index contributed by atoms with van der Waals surface area (Å²) < 4.78 is 46.3. The number of alkyl halides is 3. The predicted molar refractivity (Wildman–Crippen MR) is 127 cm³/mol. The van der Waals surface area contributed by atoms with E-state index in [2.05, 4.69) is 20.8 Å². The van der Waals surface area contributed by atoms with E-state index >= 15 is 0 Å². The Morgan fingerprint density at radius 1 is 1.35 bits per heavy atom. The molecule has 0 amide bonds. The zero-order chi connectivity index (χ0) is 25.0. The first kappa shape index (κ1) is 25.3. The molecule has 0 aliphatic carbocycles. The maximum Gasteiger partial charge on any atom is 0.255 e. The summed E-state index contributed by atoms with van der Waals surface area (Å²) in [7, 11) is 1.55. The number of ether oxygens (including phenoxy) is 1. The third-order valence-corrected chi connectivity index (χ3v) is 5.44. The van der Waals surface area contributed by atoms with E-state index in [1.165, 1.54) is 30.5 Å². The standard InChI is InChI=1S/C22H25ClF3N7O/c1-10-14-6-12(24)3-4-13(14)19(27)16(33-30-2)7-15(21(23)28)20(31-9-18(25)26)11-5-17(34-10)22(29)32-8-11/h3-6,8,10,18,21,27,30-31H,7,9,28H2,1-2H3,(H2,29,32)/b20-15-,27-19?,33-16-. The highest BCUT2D eigenvalue weighted by Crippen LogP contribution is 2.33. The molecule has 0 spiro atoms. The molecule has 2 heterocycles. The Morgan fingerprint density at radius 2 is 2.09 bits per heavy atom. The Balaban J connectivity index is 2.31. The molecule has 34 heavy (non-hydrogen) atoms. The summed E-state index contributed by atoms with van der Waals surface area (Å²) in [5, 5.41) is 15.7. The van der Waals surface area contributed by atoms with Gasteiger partial charge in [0.05, 0.1) is 18.0 Å². The molecule has 2 unspecified atom stereocenters. The van der Waals surface area contributed by atoms with Gasteiger partial charge in [-0.2, -0.15) is 5.10 Å². The number of hydrogen-bond acceptors (Lipinski definition) is 8. The lowest BCUT2D eigenvalue weighted by atomic mass is 9.92. The van der Waals surface area contributed by atoms with Crippen molar-refractivity contribution < 1.29 is 17.9 Å². The lowest BCUT2D eigenvalue weighted by Gasteiger charge is -2.24. The van der Waals surface area contributed by atoms with E-state index in [-0.39, 0.29) is 40.7 Å². The smallest absolute Gasteiger partial charge is 0.255 e. The largest absolute Gasteiger partial charge is 0.482 e. The number of nitrogen functional groups attached to an aromatic ring is 1. The quantitative estimate of drug-likeness (QED) is 0.245. The number of nitrogens with zero attached hydrogens (tertiary/aromatic N) is 2. The van der Waals surface area contributed by atoms with Crippen LogP contribution in [0.15, 0.2) is 41.1 Å². The highest BCUT2D eigenvalue weighted by atomic mass is 35.5. The molecule has 2 atom stereocenters. The second-order valence-electron chi connectivity index (χ2n) is 7.51. The van der Waals surface area contributed by atoms with Gasteiger partial charge in [0, 0.05) is 42.1 Å². The first-order valence-corrected chi connectivity index (χ1v) is 10.7. The van der Waals surface area contributed by atoms with Crippen LogP contribution in [0.5, 0.6) is 5.75 Å². The van der Waals surface area contributed by atoms with Gasteiger partial charge in [0.2, 0.25) is 0 Å². The fraction of sp³-hybridized carbons (Fsp3) is 0.318. The van der Waals surface area contributed by atoms with Crippen molar-refractivity contribution in [2.75, 3.05) is 19.3 Å². The molecule has 0 fully saturated rings. The minimum Gasteiger partial charge on any atom is -0.482 e. The topological polar surface area (TPSA) is 134 Å². The van der Waals surface area contributed by atoms with Gasteiger partial charge in [-0.1, -0.05) is 0 Å². The van der Waals surface area contributed by atoms with Crippen molar-refractivity contribution in [2.45, 2.75) is 31.4 Å². The number of anilines is 1. The zero-order valence-corrected chi connectivity index (χ0v) is 19.3. The number of halogens is 4. The Kier molecular flexibility index (Phi) is 8.00. The third kappa shape index (κ3) is 5.60. The van der Waals surface area contributed by atoms with E-state index in [4.69, 9.17) is 33.2 Å². The number of nitrogens with two attached hydrogens (primary N) is 2. The number of hydrogen-bond donors (Lipinski definition) is 5. The first-order chi connectivity index (χ1) is 16.1. The van der Waals surface area contributed by atoms with Crippen LogP contribution in [0.1, 0.15) is 36.1 Å². The van der Waals surface area contributed by atoms with Crippen LogP contribution in [0.3, 0.4) is 0 Å². The van der Waals surface area contributed by atoms with Crippen LogP contribution in [-0.4, -0.2) is 41.9 Å². The van der Waals surface area contributed by atoms with Gasteiger partial charge in [-0.15, -0.1) is 11.6 Å². The molecule has 8 nitrogen and oxygen atoms in total. The van der Waals surface area contributed by atoms with Crippen molar-refractivity contribution >= 4 is 34.5 Å². The summed E-state index contributed by atoms with van der Waals surface area (Å²) in [5.41, 5.74) is 15.3. The van der Waals surface area contributed by atoms with Crippen molar-refractivity contribution in [3.8, 4) is 5.75 Å². The molecule has 12 heteroatoms. The SMILES string of the molecule is CN/N=C1/C/C(C(N)Cl)=C(/NCC(F)F)c2cnc(N)c(c2)OC(C)c2cc(F)ccc2C1=N. The number of benzene rings is 1. The van der Waals surface area contributed by atoms with E-state index in [0.29, 0.717) is 16.7 Å². The van der Waals surface area contributed by atoms with Crippen molar-refractivity contribution in [1.82, 2.24) is 15.7 Å². The Labute approximate surface area is 199 Å². The van der Waals surface area contributed by atoms with E-state index in [0.717, 1.165) is 0 Å². The molecular formula is C22H25ClF3N7O. The van der Waals surface area contributed by atoms with E-state index in [1.807, 2.05) is 0 Å². The maximum atomic E-state index is 14.1. The molecule has 0 saturated carbocycles. The van der Waals surface area contributed by atoms with Crippen LogP contribution in [0.25, 0.3) is 5.70 Å². The van der Waals surface area contributed by atoms with Gasteiger partial charge in [0.25, 0.3) is 6.43 Å². The van der Waals surface area contributed by atoms with Gasteiger partial charge < -0.3 is 26.9 Å². The average molecular weight is 496 g/mol. The second-order valence-corrected chi connectivity index (χ2v) is 7.98. The lowest BCUT2D eigenvalue weighted by Crippen LogP contribution is -2.30. The van der Waals surface area contributed by atoms with Crippen molar-refractivity contribution in [3.63, 3.8) is 0 Å². The van der Waals surface area contributed by atoms with Crippen LogP contribution in [0, 0.1) is 11.2 Å². The van der Waals surface area contributed by atoms with Crippen molar-refractivity contribution in [3.05, 3.63) is 58.5 Å². The fourth-order valence-electron chi connectivity index (χ4n) is 3.60. The molecule has 1 aromatic carbocycles. The highest BCUT2D eigenvalue weighted by molar-refractivity contribution is 6.48. The monoisotopic (exact) mass is 495 g/mol. The van der Waals surface area contributed by atoms with Crippen LogP contribution in [0.4, 0.5) is 19.0 Å². The van der Waals surface area contributed by atoms with Gasteiger partial charge in [0.1, 0.15) is 17.4 Å². The number of aromatic nitrogens is 1. The van der Waals surface area contributed by atoms with Crippen LogP contribution < -0.4 is 26.9 Å². The normalized spacial score (nSPS) is 20.8. The molecule has 0 radical (unpaired) electrons. The summed E-state index contributed by atoms with van der Waals surface area (Å²) in [6.07, 6.45) is -2.09. The van der Waals surface area contributed by atoms with Gasteiger partial charge in [0.15, 0.2) is 11.6 Å². The van der Waals surface area contributed by atoms with Crippen LogP contribution in [-0.2, 0) is 0 Å². The summed E-state index contributed by atoms with van der Waals surface area (Å²) in [6.45, 7) is 0.988. The Hall–Kier alpha value is -3.31. The molecule has 2 bridgehead atoms. The molecule has 7 N–H and O–H groups in total. The molecule has 2 aromatic rings. The van der Waals surface area contributed by atoms with Gasteiger partial charge in [-0.3, -0.25) is 5.41 Å². The van der Waals surface area contributed by atoms with E-state index in [9.17, 15) is 13.2 Å². The number of pyridine rings is 1. The molecule has 3 rings (SSSR count). The number of nitrogens with one attached hydrogen (secondary N) is 3. The van der Waals surface area contributed by atoms with Crippen molar-refractivity contribution in [1.29, 1.82) is 5.41 Å². The number of fused-ring (bicyclic) bond motifs is 3. The molecule has 1 aliphatic rings.